The first kappa shape index (κ1) is 9.98. The Hall–Kier alpha value is -2.21. The Kier molecular flexibility index (Phi) is 2.34. The van der Waals surface area contributed by atoms with Crippen LogP contribution in [-0.4, -0.2) is 24.7 Å². The number of aromatic nitrogens is 5. The topological polar surface area (TPSA) is 69.6 Å². The molecule has 3 aromatic heterocycles. The molecule has 0 bridgehead atoms. The minimum atomic E-state index is 0.0944. The minimum absolute atomic E-state index is 0.0944. The summed E-state index contributed by atoms with van der Waals surface area (Å²) in [6.45, 7) is 0. The van der Waals surface area contributed by atoms with Crippen molar-refractivity contribution in [3.05, 3.63) is 42.1 Å². The van der Waals surface area contributed by atoms with E-state index in [1.165, 1.54) is 4.68 Å². The van der Waals surface area contributed by atoms with Gasteiger partial charge in [-0.3, -0.25) is 0 Å². The average molecular weight is 248 g/mol. The maximum atomic E-state index is 5.84. The predicted molar refractivity (Wildman–Crippen MR) is 59.7 cm³/mol. The Morgan fingerprint density at radius 1 is 1.18 bits per heavy atom. The molecule has 0 saturated carbocycles. The van der Waals surface area contributed by atoms with E-state index in [9.17, 15) is 0 Å². The van der Waals surface area contributed by atoms with Gasteiger partial charge in [-0.25, -0.2) is 4.68 Å². The molecule has 0 aliphatic rings. The standard InChI is InChI=1S/C10H6ClN5O/c11-9-13-8(7-3-1-6-17-7)14-10(15-9)16-5-2-4-12-16/h1-6H. The van der Waals surface area contributed by atoms with Gasteiger partial charge in [-0.15, -0.1) is 0 Å². The van der Waals surface area contributed by atoms with Gasteiger partial charge in [0.1, 0.15) is 0 Å². The van der Waals surface area contributed by atoms with Crippen LogP contribution in [0.4, 0.5) is 0 Å². The van der Waals surface area contributed by atoms with Crippen LogP contribution in [0.15, 0.2) is 41.3 Å². The lowest BCUT2D eigenvalue weighted by atomic mass is 10.4. The van der Waals surface area contributed by atoms with Crippen molar-refractivity contribution in [2.45, 2.75) is 0 Å². The molecule has 0 unspecified atom stereocenters. The van der Waals surface area contributed by atoms with Crippen LogP contribution in [0.5, 0.6) is 0 Å². The van der Waals surface area contributed by atoms with E-state index in [-0.39, 0.29) is 5.28 Å². The highest BCUT2D eigenvalue weighted by Gasteiger charge is 2.10. The lowest BCUT2D eigenvalue weighted by Crippen LogP contribution is -2.04. The van der Waals surface area contributed by atoms with Crippen LogP contribution >= 0.6 is 11.6 Å². The van der Waals surface area contributed by atoms with E-state index in [4.69, 9.17) is 16.0 Å². The predicted octanol–water partition coefficient (Wildman–Crippen LogP) is 1.97. The van der Waals surface area contributed by atoms with Crippen molar-refractivity contribution in [3.8, 4) is 17.5 Å². The average Bonchev–Trinajstić information content (AvgIpc) is 3.02. The molecule has 3 rings (SSSR count). The third-order valence-corrected chi connectivity index (χ3v) is 2.22. The lowest BCUT2D eigenvalue weighted by Gasteiger charge is -2.01. The second kappa shape index (κ2) is 3.99. The van der Waals surface area contributed by atoms with Crippen LogP contribution in [0.25, 0.3) is 17.5 Å². The molecular formula is C10H6ClN5O. The summed E-state index contributed by atoms with van der Waals surface area (Å²) in [5, 5.41) is 4.12. The van der Waals surface area contributed by atoms with E-state index in [2.05, 4.69) is 20.1 Å². The molecule has 84 valence electrons. The van der Waals surface area contributed by atoms with Gasteiger partial charge in [-0.2, -0.15) is 20.1 Å². The van der Waals surface area contributed by atoms with Crippen molar-refractivity contribution in [2.75, 3.05) is 0 Å². The summed E-state index contributed by atoms with van der Waals surface area (Å²) in [7, 11) is 0. The quantitative estimate of drug-likeness (QED) is 0.692. The fourth-order valence-corrected chi connectivity index (χ4v) is 1.50. The normalized spacial score (nSPS) is 10.6. The van der Waals surface area contributed by atoms with Crippen LogP contribution in [0, 0.1) is 0 Å². The SMILES string of the molecule is Clc1nc(-c2ccco2)nc(-n2cccn2)n1. The molecular weight excluding hydrogens is 242 g/mol. The summed E-state index contributed by atoms with van der Waals surface area (Å²) in [5.41, 5.74) is 0. The molecule has 0 aliphatic carbocycles. The number of rotatable bonds is 2. The van der Waals surface area contributed by atoms with Crippen molar-refractivity contribution < 1.29 is 4.42 Å². The van der Waals surface area contributed by atoms with Gasteiger partial charge >= 0.3 is 0 Å². The van der Waals surface area contributed by atoms with E-state index in [0.717, 1.165) is 0 Å². The minimum Gasteiger partial charge on any atom is -0.461 e. The number of hydrogen-bond acceptors (Lipinski definition) is 5. The molecule has 7 heteroatoms. The zero-order valence-corrected chi connectivity index (χ0v) is 9.24. The van der Waals surface area contributed by atoms with E-state index in [1.54, 1.807) is 36.9 Å². The van der Waals surface area contributed by atoms with Crippen molar-refractivity contribution in [1.29, 1.82) is 0 Å². The van der Waals surface area contributed by atoms with E-state index in [1.807, 2.05) is 0 Å². The van der Waals surface area contributed by atoms with Crippen molar-refractivity contribution in [2.24, 2.45) is 0 Å². The monoisotopic (exact) mass is 247 g/mol. The lowest BCUT2D eigenvalue weighted by molar-refractivity contribution is 0.576. The molecule has 0 fully saturated rings. The molecule has 0 atom stereocenters. The van der Waals surface area contributed by atoms with E-state index in [0.29, 0.717) is 17.5 Å². The van der Waals surface area contributed by atoms with Crippen LogP contribution < -0.4 is 0 Å². The first-order chi connectivity index (χ1) is 8.33. The van der Waals surface area contributed by atoms with Crippen molar-refractivity contribution in [3.63, 3.8) is 0 Å². The second-order valence-corrected chi connectivity index (χ2v) is 3.49. The zero-order chi connectivity index (χ0) is 11.7. The maximum Gasteiger partial charge on any atom is 0.255 e. The summed E-state index contributed by atoms with van der Waals surface area (Å²) < 4.78 is 6.71. The van der Waals surface area contributed by atoms with Gasteiger partial charge in [-0.1, -0.05) is 0 Å². The highest BCUT2D eigenvalue weighted by molar-refractivity contribution is 6.28. The number of nitrogens with zero attached hydrogens (tertiary/aromatic N) is 5. The van der Waals surface area contributed by atoms with Gasteiger partial charge in [0.15, 0.2) is 5.76 Å². The number of hydrogen-bond donors (Lipinski definition) is 0. The summed E-state index contributed by atoms with van der Waals surface area (Å²) in [4.78, 5) is 12.2. The number of furan rings is 1. The molecule has 0 aromatic carbocycles. The van der Waals surface area contributed by atoms with Gasteiger partial charge in [0.05, 0.1) is 6.26 Å². The van der Waals surface area contributed by atoms with Crippen LogP contribution in [0.1, 0.15) is 0 Å². The Morgan fingerprint density at radius 3 is 2.82 bits per heavy atom. The Balaban J connectivity index is 2.13. The molecule has 0 aliphatic heterocycles. The molecule has 0 saturated heterocycles. The second-order valence-electron chi connectivity index (χ2n) is 3.16. The van der Waals surface area contributed by atoms with Crippen LogP contribution in [0.2, 0.25) is 5.28 Å². The summed E-state index contributed by atoms with van der Waals surface area (Å²) in [6.07, 6.45) is 4.89. The molecule has 0 radical (unpaired) electrons. The molecule has 3 heterocycles. The maximum absolute atomic E-state index is 5.84. The fourth-order valence-electron chi connectivity index (χ4n) is 1.35. The van der Waals surface area contributed by atoms with Gasteiger partial charge in [0.25, 0.3) is 5.95 Å². The molecule has 17 heavy (non-hydrogen) atoms. The molecule has 6 nitrogen and oxygen atoms in total. The Morgan fingerprint density at radius 2 is 2.12 bits per heavy atom. The molecule has 3 aromatic rings. The first-order valence-corrected chi connectivity index (χ1v) is 5.16. The van der Waals surface area contributed by atoms with Crippen molar-refractivity contribution >= 4 is 11.6 Å². The third kappa shape index (κ3) is 1.90. The van der Waals surface area contributed by atoms with Crippen LogP contribution in [-0.2, 0) is 0 Å². The van der Waals surface area contributed by atoms with Gasteiger partial charge in [0, 0.05) is 12.4 Å². The summed E-state index contributed by atoms with van der Waals surface area (Å²) >= 11 is 5.84. The summed E-state index contributed by atoms with van der Waals surface area (Å²) in [6, 6.07) is 5.27. The molecule has 0 N–H and O–H groups in total. The highest BCUT2D eigenvalue weighted by Crippen LogP contribution is 2.17. The van der Waals surface area contributed by atoms with Crippen LogP contribution in [0.3, 0.4) is 0 Å². The fraction of sp³-hybridized carbons (Fsp3) is 0. The summed E-state index contributed by atoms with van der Waals surface area (Å²) in [5.74, 6) is 1.25. The van der Waals surface area contributed by atoms with E-state index >= 15 is 0 Å². The largest absolute Gasteiger partial charge is 0.461 e. The smallest absolute Gasteiger partial charge is 0.255 e. The highest BCUT2D eigenvalue weighted by atomic mass is 35.5. The third-order valence-electron chi connectivity index (χ3n) is 2.05. The van der Waals surface area contributed by atoms with E-state index < -0.39 is 0 Å². The molecule has 0 spiro atoms. The first-order valence-electron chi connectivity index (χ1n) is 4.78. The van der Waals surface area contributed by atoms with Crippen molar-refractivity contribution in [1.82, 2.24) is 24.7 Å². The number of halogens is 1. The Labute approximate surface area is 101 Å². The van der Waals surface area contributed by atoms with Gasteiger partial charge in [0.2, 0.25) is 11.1 Å². The Bertz CT molecular complexity index is 568. The van der Waals surface area contributed by atoms with Gasteiger partial charge < -0.3 is 4.42 Å². The molecule has 0 amide bonds. The zero-order valence-electron chi connectivity index (χ0n) is 8.49. The van der Waals surface area contributed by atoms with Gasteiger partial charge in [-0.05, 0) is 29.8 Å².